The van der Waals surface area contributed by atoms with Gasteiger partial charge >= 0.3 is 0 Å². The van der Waals surface area contributed by atoms with Crippen molar-refractivity contribution >= 4 is 28.4 Å². The van der Waals surface area contributed by atoms with Crippen LogP contribution in [-0.4, -0.2) is 9.97 Å². The van der Waals surface area contributed by atoms with E-state index in [1.807, 2.05) is 12.1 Å². The number of furan rings is 1. The molecular weight excluding hydrogens is 377 g/mol. The van der Waals surface area contributed by atoms with Crippen LogP contribution in [-0.2, 0) is 5.41 Å². The molecule has 4 nitrogen and oxygen atoms in total. The summed E-state index contributed by atoms with van der Waals surface area (Å²) in [5, 5.41) is 0. The predicted octanol–water partition coefficient (Wildman–Crippen LogP) is 4.34. The van der Waals surface area contributed by atoms with Crippen LogP contribution in [0.3, 0.4) is 0 Å². The van der Waals surface area contributed by atoms with Crippen molar-refractivity contribution in [2.75, 3.05) is 5.73 Å². The molecule has 2 aromatic rings. The van der Waals surface area contributed by atoms with E-state index in [4.69, 9.17) is 15.1 Å². The lowest BCUT2D eigenvalue weighted by molar-refractivity contribution is 0.512. The highest BCUT2D eigenvalue weighted by molar-refractivity contribution is 14.1. The quantitative estimate of drug-likeness (QED) is 0.766. The smallest absolute Gasteiger partial charge is 0.197 e. The highest BCUT2D eigenvalue weighted by Crippen LogP contribution is 2.48. The summed E-state index contributed by atoms with van der Waals surface area (Å²) in [4.78, 5) is 9.09. The lowest BCUT2D eigenvalue weighted by Gasteiger charge is -2.20. The second kappa shape index (κ2) is 4.97. The van der Waals surface area contributed by atoms with E-state index in [1.54, 1.807) is 0 Å². The van der Waals surface area contributed by atoms with Crippen LogP contribution in [0.1, 0.15) is 51.5 Å². The van der Waals surface area contributed by atoms with Gasteiger partial charge in [0.2, 0.25) is 0 Å². The number of anilines is 1. The van der Waals surface area contributed by atoms with Crippen LogP contribution in [0.2, 0.25) is 0 Å². The Balaban J connectivity index is 2.02. The molecule has 112 valence electrons. The van der Waals surface area contributed by atoms with Gasteiger partial charge in [-0.05, 0) is 47.1 Å². The molecule has 5 heteroatoms. The molecule has 1 fully saturated rings. The number of nitrogens with zero attached hydrogens (tertiary/aromatic N) is 2. The number of rotatable bonds is 2. The molecular formula is C16H20IN3O. The number of hydrogen-bond acceptors (Lipinski definition) is 4. The van der Waals surface area contributed by atoms with Gasteiger partial charge in [0.1, 0.15) is 11.6 Å². The third kappa shape index (κ3) is 2.80. The molecule has 21 heavy (non-hydrogen) atoms. The second-order valence-corrected chi connectivity index (χ2v) is 7.95. The highest BCUT2D eigenvalue weighted by Gasteiger charge is 2.37. The van der Waals surface area contributed by atoms with Gasteiger partial charge < -0.3 is 10.2 Å². The maximum atomic E-state index is 6.06. The van der Waals surface area contributed by atoms with E-state index in [0.29, 0.717) is 23.3 Å². The van der Waals surface area contributed by atoms with Crippen LogP contribution in [0.4, 0.5) is 5.82 Å². The molecule has 0 amide bonds. The molecule has 0 aromatic carbocycles. The zero-order valence-electron chi connectivity index (χ0n) is 12.8. The van der Waals surface area contributed by atoms with Crippen molar-refractivity contribution in [3.05, 3.63) is 27.2 Å². The van der Waals surface area contributed by atoms with Crippen LogP contribution in [0, 0.1) is 9.49 Å². The topological polar surface area (TPSA) is 64.9 Å². The Morgan fingerprint density at radius 1 is 1.29 bits per heavy atom. The van der Waals surface area contributed by atoms with E-state index >= 15 is 0 Å². The zero-order valence-corrected chi connectivity index (χ0v) is 14.9. The largest absolute Gasteiger partial charge is 0.457 e. The normalized spacial score (nSPS) is 21.6. The number of halogens is 1. The summed E-state index contributed by atoms with van der Waals surface area (Å²) < 4.78 is 6.87. The summed E-state index contributed by atoms with van der Waals surface area (Å²) in [6.45, 7) is 8.62. The van der Waals surface area contributed by atoms with Crippen molar-refractivity contribution in [2.24, 2.45) is 5.92 Å². The average molecular weight is 397 g/mol. The molecule has 0 aliphatic heterocycles. The minimum absolute atomic E-state index is 0.0806. The molecule has 0 spiro atoms. The van der Waals surface area contributed by atoms with Crippen LogP contribution >= 0.6 is 22.6 Å². The Morgan fingerprint density at radius 3 is 2.52 bits per heavy atom. The summed E-state index contributed by atoms with van der Waals surface area (Å²) in [7, 11) is 0. The first-order valence-corrected chi connectivity index (χ1v) is 8.29. The molecule has 1 aliphatic rings. The van der Waals surface area contributed by atoms with Gasteiger partial charge in [0, 0.05) is 11.3 Å². The van der Waals surface area contributed by atoms with Gasteiger partial charge in [-0.1, -0.05) is 27.7 Å². The van der Waals surface area contributed by atoms with Crippen molar-refractivity contribution in [1.82, 2.24) is 9.97 Å². The number of nitrogen functional groups attached to an aromatic ring is 1. The maximum Gasteiger partial charge on any atom is 0.197 e. The van der Waals surface area contributed by atoms with Crippen LogP contribution in [0.25, 0.3) is 11.6 Å². The summed E-state index contributed by atoms with van der Waals surface area (Å²) in [5.41, 5.74) is 6.94. The van der Waals surface area contributed by atoms with E-state index in [2.05, 4.69) is 55.3 Å². The minimum atomic E-state index is -0.0806. The first-order valence-electron chi connectivity index (χ1n) is 7.21. The van der Waals surface area contributed by atoms with Crippen molar-refractivity contribution in [1.29, 1.82) is 0 Å². The van der Waals surface area contributed by atoms with Gasteiger partial charge in [0.15, 0.2) is 11.6 Å². The van der Waals surface area contributed by atoms with Gasteiger partial charge in [-0.2, -0.15) is 0 Å². The zero-order chi connectivity index (χ0) is 15.4. The average Bonchev–Trinajstić information content (AvgIpc) is 2.92. The Morgan fingerprint density at radius 2 is 1.95 bits per heavy atom. The number of nitrogens with two attached hydrogens (primary N) is 1. The fourth-order valence-corrected chi connectivity index (χ4v) is 3.51. The van der Waals surface area contributed by atoms with E-state index in [1.165, 1.54) is 6.42 Å². The summed E-state index contributed by atoms with van der Waals surface area (Å²) in [6.07, 6.45) is 1.20. The fourth-order valence-electron chi connectivity index (χ4n) is 2.46. The minimum Gasteiger partial charge on any atom is -0.457 e. The molecule has 0 bridgehead atoms. The Kier molecular flexibility index (Phi) is 3.50. The van der Waals surface area contributed by atoms with Crippen molar-refractivity contribution in [2.45, 2.75) is 45.4 Å². The van der Waals surface area contributed by atoms with Crippen LogP contribution < -0.4 is 5.73 Å². The molecule has 2 N–H and O–H groups in total. The van der Waals surface area contributed by atoms with Crippen LogP contribution in [0.15, 0.2) is 16.5 Å². The molecule has 3 rings (SSSR count). The van der Waals surface area contributed by atoms with E-state index < -0.39 is 0 Å². The molecule has 0 radical (unpaired) electrons. The fraction of sp³-hybridized carbons (Fsp3) is 0.500. The van der Waals surface area contributed by atoms with E-state index in [-0.39, 0.29) is 5.41 Å². The van der Waals surface area contributed by atoms with Gasteiger partial charge in [0.05, 0.1) is 9.26 Å². The number of aromatic nitrogens is 2. The standard InChI is InChI=1S/C16H20IN3O/c1-8-7-9(8)10-5-6-11(21-10)15-19-13(16(2,3)4)12(17)14(18)20-15/h5-6,8-9H,7H2,1-4H3,(H2,18,19,20). The Hall–Kier alpha value is -1.11. The molecule has 2 atom stereocenters. The lowest BCUT2D eigenvalue weighted by atomic mass is 9.92. The van der Waals surface area contributed by atoms with Gasteiger partial charge in [-0.3, -0.25) is 0 Å². The Labute approximate surface area is 138 Å². The summed E-state index contributed by atoms with van der Waals surface area (Å²) in [5.74, 6) is 4.12. The second-order valence-electron chi connectivity index (χ2n) is 6.87. The Bertz CT molecular complexity index is 687. The molecule has 2 heterocycles. The van der Waals surface area contributed by atoms with E-state index in [0.717, 1.165) is 20.9 Å². The van der Waals surface area contributed by atoms with Crippen molar-refractivity contribution in [3.8, 4) is 11.6 Å². The van der Waals surface area contributed by atoms with Gasteiger partial charge in [0.25, 0.3) is 0 Å². The SMILES string of the molecule is CC1CC1c1ccc(-c2nc(N)c(I)c(C(C)(C)C)n2)o1. The molecule has 1 saturated carbocycles. The first-order chi connectivity index (χ1) is 9.77. The first kappa shape index (κ1) is 14.8. The van der Waals surface area contributed by atoms with Gasteiger partial charge in [-0.15, -0.1) is 0 Å². The lowest BCUT2D eigenvalue weighted by Crippen LogP contribution is -2.18. The summed E-state index contributed by atoms with van der Waals surface area (Å²) >= 11 is 2.21. The third-order valence-corrected chi connectivity index (χ3v) is 4.97. The monoisotopic (exact) mass is 397 g/mol. The van der Waals surface area contributed by atoms with Crippen molar-refractivity contribution < 1.29 is 4.42 Å². The molecule has 2 unspecified atom stereocenters. The maximum absolute atomic E-state index is 6.06. The molecule has 2 aromatic heterocycles. The van der Waals surface area contributed by atoms with Crippen molar-refractivity contribution in [3.63, 3.8) is 0 Å². The predicted molar refractivity (Wildman–Crippen MR) is 92.1 cm³/mol. The summed E-state index contributed by atoms with van der Waals surface area (Å²) in [6, 6.07) is 3.99. The molecule has 1 aliphatic carbocycles. The van der Waals surface area contributed by atoms with Crippen LogP contribution in [0.5, 0.6) is 0 Å². The third-order valence-electron chi connectivity index (χ3n) is 3.91. The van der Waals surface area contributed by atoms with E-state index in [9.17, 15) is 0 Å². The molecule has 0 saturated heterocycles. The number of hydrogen-bond donors (Lipinski definition) is 1. The van der Waals surface area contributed by atoms with Gasteiger partial charge in [-0.25, -0.2) is 9.97 Å². The highest BCUT2D eigenvalue weighted by atomic mass is 127.